The third-order valence-electron chi connectivity index (χ3n) is 1.45. The Balaban J connectivity index is 3.08. The summed E-state index contributed by atoms with van der Waals surface area (Å²) in [5.41, 5.74) is 6.47. The van der Waals surface area contributed by atoms with Gasteiger partial charge in [-0.1, -0.05) is 32.4 Å². The molecule has 1 heterocycles. The minimum atomic E-state index is 0.159. The van der Waals surface area contributed by atoms with Crippen LogP contribution in [-0.2, 0) is 5.41 Å². The fourth-order valence-corrected chi connectivity index (χ4v) is 1.92. The van der Waals surface area contributed by atoms with Crippen molar-refractivity contribution in [3.05, 3.63) is 15.3 Å². The van der Waals surface area contributed by atoms with E-state index in [4.69, 9.17) is 17.3 Å². The van der Waals surface area contributed by atoms with Crippen LogP contribution >= 0.6 is 22.9 Å². The van der Waals surface area contributed by atoms with Crippen LogP contribution in [0.3, 0.4) is 0 Å². The first-order valence-corrected chi connectivity index (χ1v) is 4.66. The molecule has 0 radical (unpaired) electrons. The number of hydrogen-bond acceptors (Lipinski definition) is 2. The summed E-state index contributed by atoms with van der Waals surface area (Å²) in [6.07, 6.45) is 0. The van der Waals surface area contributed by atoms with Gasteiger partial charge in [0.25, 0.3) is 0 Å². The van der Waals surface area contributed by atoms with Gasteiger partial charge in [-0.15, -0.1) is 11.3 Å². The van der Waals surface area contributed by atoms with Crippen LogP contribution in [-0.4, -0.2) is 0 Å². The Hall–Kier alpha value is -0.210. The molecule has 1 aromatic heterocycles. The highest BCUT2D eigenvalue weighted by molar-refractivity contribution is 7.17. The van der Waals surface area contributed by atoms with Crippen LogP contribution in [0.15, 0.2) is 6.07 Å². The molecule has 0 fully saturated rings. The number of thiophene rings is 1. The van der Waals surface area contributed by atoms with E-state index in [0.717, 1.165) is 0 Å². The fraction of sp³-hybridized carbons (Fsp3) is 0.500. The maximum Gasteiger partial charge on any atom is 0.116 e. The first-order chi connectivity index (χ1) is 4.91. The van der Waals surface area contributed by atoms with Crippen molar-refractivity contribution in [2.45, 2.75) is 26.2 Å². The average molecular weight is 190 g/mol. The molecule has 0 aliphatic heterocycles. The molecular weight excluding hydrogens is 178 g/mol. The van der Waals surface area contributed by atoms with Gasteiger partial charge in [0.15, 0.2) is 0 Å². The van der Waals surface area contributed by atoms with Crippen LogP contribution in [0.25, 0.3) is 0 Å². The topological polar surface area (TPSA) is 26.0 Å². The summed E-state index contributed by atoms with van der Waals surface area (Å²) in [5, 5.41) is 0. The van der Waals surface area contributed by atoms with Gasteiger partial charge in [0.1, 0.15) is 4.34 Å². The SMILES string of the molecule is CC(C)(C)c1cc(N)c(Cl)s1. The Morgan fingerprint density at radius 2 is 2.00 bits per heavy atom. The summed E-state index contributed by atoms with van der Waals surface area (Å²) in [7, 11) is 0. The molecule has 0 aliphatic rings. The minimum Gasteiger partial charge on any atom is -0.397 e. The summed E-state index contributed by atoms with van der Waals surface area (Å²) >= 11 is 7.39. The predicted octanol–water partition coefficient (Wildman–Crippen LogP) is 3.28. The molecule has 0 spiro atoms. The molecule has 1 rings (SSSR count). The van der Waals surface area contributed by atoms with Crippen LogP contribution < -0.4 is 5.73 Å². The van der Waals surface area contributed by atoms with E-state index in [9.17, 15) is 0 Å². The molecule has 0 atom stereocenters. The Labute approximate surface area is 76.2 Å². The molecule has 0 amide bonds. The summed E-state index contributed by atoms with van der Waals surface area (Å²) < 4.78 is 0.704. The van der Waals surface area contributed by atoms with Crippen molar-refractivity contribution in [2.24, 2.45) is 0 Å². The summed E-state index contributed by atoms with van der Waals surface area (Å²) in [4.78, 5) is 1.24. The van der Waals surface area contributed by atoms with Crippen molar-refractivity contribution in [1.82, 2.24) is 0 Å². The van der Waals surface area contributed by atoms with Crippen molar-refractivity contribution >= 4 is 28.6 Å². The second-order valence-corrected chi connectivity index (χ2v) is 5.24. The number of rotatable bonds is 0. The first kappa shape index (κ1) is 8.88. The van der Waals surface area contributed by atoms with E-state index < -0.39 is 0 Å². The Kier molecular flexibility index (Phi) is 2.17. The number of hydrogen-bond donors (Lipinski definition) is 1. The highest BCUT2D eigenvalue weighted by Gasteiger charge is 2.17. The zero-order valence-corrected chi connectivity index (χ0v) is 8.51. The number of nitrogens with two attached hydrogens (primary N) is 1. The summed E-state index contributed by atoms with van der Waals surface area (Å²) in [6.45, 7) is 6.44. The van der Waals surface area contributed by atoms with E-state index in [1.165, 1.54) is 4.88 Å². The molecule has 62 valence electrons. The lowest BCUT2D eigenvalue weighted by Crippen LogP contribution is -2.07. The second-order valence-electron chi connectivity index (χ2n) is 3.59. The Morgan fingerprint density at radius 1 is 1.45 bits per heavy atom. The lowest BCUT2D eigenvalue weighted by molar-refractivity contribution is 0.604. The van der Waals surface area contributed by atoms with E-state index in [-0.39, 0.29) is 5.41 Å². The third-order valence-corrected chi connectivity index (χ3v) is 3.27. The van der Waals surface area contributed by atoms with Crippen LogP contribution in [0.5, 0.6) is 0 Å². The molecule has 0 saturated heterocycles. The van der Waals surface area contributed by atoms with Gasteiger partial charge in [0.2, 0.25) is 0 Å². The van der Waals surface area contributed by atoms with Gasteiger partial charge in [0.05, 0.1) is 5.69 Å². The van der Waals surface area contributed by atoms with E-state index >= 15 is 0 Å². The largest absolute Gasteiger partial charge is 0.397 e. The van der Waals surface area contributed by atoms with Gasteiger partial charge >= 0.3 is 0 Å². The lowest BCUT2D eigenvalue weighted by atomic mass is 9.95. The molecule has 1 nitrogen and oxygen atoms in total. The Bertz CT molecular complexity index is 240. The van der Waals surface area contributed by atoms with Gasteiger partial charge in [-0.05, 0) is 11.5 Å². The van der Waals surface area contributed by atoms with Gasteiger partial charge in [0, 0.05) is 4.88 Å². The van der Waals surface area contributed by atoms with Crippen LogP contribution in [0, 0.1) is 0 Å². The van der Waals surface area contributed by atoms with Crippen molar-refractivity contribution in [2.75, 3.05) is 5.73 Å². The van der Waals surface area contributed by atoms with Gasteiger partial charge in [-0.2, -0.15) is 0 Å². The van der Waals surface area contributed by atoms with Gasteiger partial charge in [-0.25, -0.2) is 0 Å². The van der Waals surface area contributed by atoms with E-state index in [1.807, 2.05) is 6.07 Å². The van der Waals surface area contributed by atoms with Gasteiger partial charge in [-0.3, -0.25) is 0 Å². The summed E-state index contributed by atoms with van der Waals surface area (Å²) in [5.74, 6) is 0. The molecule has 0 saturated carbocycles. The smallest absolute Gasteiger partial charge is 0.116 e. The molecule has 2 N–H and O–H groups in total. The maximum absolute atomic E-state index is 5.83. The van der Waals surface area contributed by atoms with E-state index in [0.29, 0.717) is 10.0 Å². The van der Waals surface area contributed by atoms with Crippen molar-refractivity contribution in [3.63, 3.8) is 0 Å². The number of halogens is 1. The molecule has 3 heteroatoms. The van der Waals surface area contributed by atoms with Crippen LogP contribution in [0.1, 0.15) is 25.6 Å². The fourth-order valence-electron chi connectivity index (χ4n) is 0.753. The lowest BCUT2D eigenvalue weighted by Gasteiger charge is -2.14. The molecule has 1 aromatic rings. The molecule has 0 unspecified atom stereocenters. The van der Waals surface area contributed by atoms with Crippen LogP contribution in [0.4, 0.5) is 5.69 Å². The monoisotopic (exact) mass is 189 g/mol. The minimum absolute atomic E-state index is 0.159. The standard InChI is InChI=1S/C8H12ClNS/c1-8(2,3)6-4-5(10)7(9)11-6/h4H,10H2,1-3H3. The highest BCUT2D eigenvalue weighted by atomic mass is 35.5. The third kappa shape index (κ3) is 1.88. The predicted molar refractivity (Wildman–Crippen MR) is 52.4 cm³/mol. The van der Waals surface area contributed by atoms with Crippen molar-refractivity contribution < 1.29 is 0 Å². The second kappa shape index (κ2) is 2.68. The number of anilines is 1. The molecular formula is C8H12ClNS. The van der Waals surface area contributed by atoms with E-state index in [1.54, 1.807) is 11.3 Å². The molecule has 0 aromatic carbocycles. The van der Waals surface area contributed by atoms with Crippen LogP contribution in [0.2, 0.25) is 4.34 Å². The first-order valence-electron chi connectivity index (χ1n) is 3.46. The van der Waals surface area contributed by atoms with Gasteiger partial charge < -0.3 is 5.73 Å². The number of nitrogen functional groups attached to an aromatic ring is 1. The normalized spacial score (nSPS) is 12.0. The van der Waals surface area contributed by atoms with Crippen molar-refractivity contribution in [3.8, 4) is 0 Å². The maximum atomic E-state index is 5.83. The highest BCUT2D eigenvalue weighted by Crippen LogP contribution is 2.36. The molecule has 0 aliphatic carbocycles. The zero-order valence-electron chi connectivity index (χ0n) is 6.94. The molecule has 0 bridgehead atoms. The Morgan fingerprint density at radius 3 is 2.18 bits per heavy atom. The summed E-state index contributed by atoms with van der Waals surface area (Å²) in [6, 6.07) is 1.95. The molecule has 11 heavy (non-hydrogen) atoms. The zero-order chi connectivity index (χ0) is 8.65. The van der Waals surface area contributed by atoms with Crippen molar-refractivity contribution in [1.29, 1.82) is 0 Å². The average Bonchev–Trinajstić information content (AvgIpc) is 2.11. The van der Waals surface area contributed by atoms with E-state index in [2.05, 4.69) is 20.8 Å². The quantitative estimate of drug-likeness (QED) is 0.666.